The average Bonchev–Trinajstić information content (AvgIpc) is 3.35. The molecular formula is C20H15ClN4OS. The van der Waals surface area contributed by atoms with Crippen molar-refractivity contribution in [1.29, 1.82) is 0 Å². The SMILES string of the molecule is O=C(Cc1csc(-c2ccccc2Cl)n1)Nc1ccccc1-n1cccn1. The quantitative estimate of drug-likeness (QED) is 0.527. The van der Waals surface area contributed by atoms with Gasteiger partial charge in [-0.25, -0.2) is 9.67 Å². The molecule has 2 aromatic carbocycles. The summed E-state index contributed by atoms with van der Waals surface area (Å²) in [7, 11) is 0. The summed E-state index contributed by atoms with van der Waals surface area (Å²) in [4.78, 5) is 17.1. The number of rotatable bonds is 5. The highest BCUT2D eigenvalue weighted by molar-refractivity contribution is 7.13. The van der Waals surface area contributed by atoms with Gasteiger partial charge >= 0.3 is 0 Å². The third-order valence-corrected chi connectivity index (χ3v) is 5.18. The summed E-state index contributed by atoms with van der Waals surface area (Å²) in [5, 5.41) is 10.5. The molecule has 7 heteroatoms. The molecule has 0 spiro atoms. The Kier molecular flexibility index (Phi) is 5.00. The molecule has 1 N–H and O–H groups in total. The van der Waals surface area contributed by atoms with Crippen molar-refractivity contribution in [2.45, 2.75) is 6.42 Å². The van der Waals surface area contributed by atoms with Gasteiger partial charge in [-0.15, -0.1) is 11.3 Å². The van der Waals surface area contributed by atoms with E-state index in [1.54, 1.807) is 10.9 Å². The number of carbonyl (C=O) groups excluding carboxylic acids is 1. The van der Waals surface area contributed by atoms with Gasteiger partial charge in [-0.2, -0.15) is 5.10 Å². The van der Waals surface area contributed by atoms with Gasteiger partial charge in [-0.1, -0.05) is 41.9 Å². The standard InChI is InChI=1S/C20H15ClN4OS/c21-16-7-2-1-6-15(16)20-23-14(13-27-20)12-19(26)24-17-8-3-4-9-18(17)25-11-5-10-22-25/h1-11,13H,12H2,(H,24,26). The number of aromatic nitrogens is 3. The van der Waals surface area contributed by atoms with Gasteiger partial charge in [0.2, 0.25) is 5.91 Å². The van der Waals surface area contributed by atoms with Crippen LogP contribution in [-0.2, 0) is 11.2 Å². The smallest absolute Gasteiger partial charge is 0.230 e. The van der Waals surface area contributed by atoms with Crippen LogP contribution in [-0.4, -0.2) is 20.7 Å². The minimum absolute atomic E-state index is 0.134. The molecule has 0 saturated heterocycles. The fraction of sp³-hybridized carbons (Fsp3) is 0.0500. The van der Waals surface area contributed by atoms with E-state index in [2.05, 4.69) is 15.4 Å². The van der Waals surface area contributed by atoms with E-state index in [-0.39, 0.29) is 12.3 Å². The Morgan fingerprint density at radius 1 is 1.11 bits per heavy atom. The number of hydrogen-bond acceptors (Lipinski definition) is 4. The molecule has 5 nitrogen and oxygen atoms in total. The van der Waals surface area contributed by atoms with Crippen LogP contribution in [0.25, 0.3) is 16.3 Å². The monoisotopic (exact) mass is 394 g/mol. The summed E-state index contributed by atoms with van der Waals surface area (Å²) in [6.45, 7) is 0. The molecule has 27 heavy (non-hydrogen) atoms. The lowest BCUT2D eigenvalue weighted by Crippen LogP contribution is -2.16. The van der Waals surface area contributed by atoms with Gasteiger partial charge in [0.15, 0.2) is 0 Å². The third kappa shape index (κ3) is 3.92. The van der Waals surface area contributed by atoms with Crippen LogP contribution in [0.5, 0.6) is 0 Å². The Bertz CT molecular complexity index is 1080. The number of para-hydroxylation sites is 2. The molecule has 134 valence electrons. The van der Waals surface area contributed by atoms with E-state index < -0.39 is 0 Å². The van der Waals surface area contributed by atoms with Gasteiger partial charge in [0.05, 0.1) is 28.5 Å². The number of benzene rings is 2. The van der Waals surface area contributed by atoms with E-state index in [1.165, 1.54) is 11.3 Å². The molecular weight excluding hydrogens is 380 g/mol. The van der Waals surface area contributed by atoms with Crippen LogP contribution in [0.4, 0.5) is 5.69 Å². The first-order valence-electron chi connectivity index (χ1n) is 8.29. The fourth-order valence-corrected chi connectivity index (χ4v) is 3.84. The molecule has 0 aliphatic carbocycles. The first kappa shape index (κ1) is 17.5. The molecule has 0 bridgehead atoms. The Hall–Kier alpha value is -2.96. The Morgan fingerprint density at radius 3 is 2.74 bits per heavy atom. The van der Waals surface area contributed by atoms with Crippen LogP contribution >= 0.6 is 22.9 Å². The van der Waals surface area contributed by atoms with Crippen molar-refractivity contribution in [3.63, 3.8) is 0 Å². The Balaban J connectivity index is 1.49. The van der Waals surface area contributed by atoms with Gasteiger partial charge in [0.25, 0.3) is 0 Å². The Labute approximate surface area is 165 Å². The maximum Gasteiger partial charge on any atom is 0.230 e. The van der Waals surface area contributed by atoms with Crippen LogP contribution in [0.15, 0.2) is 72.4 Å². The van der Waals surface area contributed by atoms with Crippen LogP contribution in [0.2, 0.25) is 5.02 Å². The van der Waals surface area contributed by atoms with E-state index in [0.29, 0.717) is 16.4 Å². The summed E-state index contributed by atoms with van der Waals surface area (Å²) in [5.74, 6) is -0.134. The molecule has 4 rings (SSSR count). The largest absolute Gasteiger partial charge is 0.324 e. The van der Waals surface area contributed by atoms with E-state index in [0.717, 1.165) is 16.3 Å². The second-order valence-corrected chi connectivity index (χ2v) is 7.08. The lowest BCUT2D eigenvalue weighted by molar-refractivity contribution is -0.115. The molecule has 0 atom stereocenters. The minimum atomic E-state index is -0.134. The number of amides is 1. The highest BCUT2D eigenvalue weighted by Gasteiger charge is 2.13. The number of halogens is 1. The number of thiazole rings is 1. The van der Waals surface area contributed by atoms with Gasteiger partial charge < -0.3 is 5.32 Å². The number of anilines is 1. The lowest BCUT2D eigenvalue weighted by atomic mass is 10.2. The van der Waals surface area contributed by atoms with E-state index in [1.807, 2.05) is 66.2 Å². The summed E-state index contributed by atoms with van der Waals surface area (Å²) < 4.78 is 1.72. The highest BCUT2D eigenvalue weighted by Crippen LogP contribution is 2.30. The van der Waals surface area contributed by atoms with Gasteiger partial charge in [-0.05, 0) is 24.3 Å². The molecule has 0 radical (unpaired) electrons. The van der Waals surface area contributed by atoms with E-state index in [4.69, 9.17) is 11.6 Å². The molecule has 0 aliphatic rings. The maximum absolute atomic E-state index is 12.5. The molecule has 0 fully saturated rings. The molecule has 0 saturated carbocycles. The van der Waals surface area contributed by atoms with Gasteiger partial charge in [-0.3, -0.25) is 4.79 Å². The number of hydrogen-bond donors (Lipinski definition) is 1. The minimum Gasteiger partial charge on any atom is -0.324 e. The zero-order valence-electron chi connectivity index (χ0n) is 14.2. The zero-order valence-corrected chi connectivity index (χ0v) is 15.7. The van der Waals surface area contributed by atoms with Crippen molar-refractivity contribution < 1.29 is 4.79 Å². The van der Waals surface area contributed by atoms with Crippen LogP contribution < -0.4 is 5.32 Å². The van der Waals surface area contributed by atoms with Crippen LogP contribution in [0.3, 0.4) is 0 Å². The number of nitrogens with zero attached hydrogens (tertiary/aromatic N) is 3. The van der Waals surface area contributed by atoms with E-state index in [9.17, 15) is 4.79 Å². The zero-order chi connectivity index (χ0) is 18.6. The number of nitrogens with one attached hydrogen (secondary N) is 1. The number of carbonyl (C=O) groups is 1. The normalized spacial score (nSPS) is 10.7. The second-order valence-electron chi connectivity index (χ2n) is 5.82. The average molecular weight is 395 g/mol. The van der Waals surface area contributed by atoms with Crippen molar-refractivity contribution in [2.24, 2.45) is 0 Å². The maximum atomic E-state index is 12.5. The third-order valence-electron chi connectivity index (χ3n) is 3.93. The first-order chi connectivity index (χ1) is 13.2. The van der Waals surface area contributed by atoms with Crippen LogP contribution in [0, 0.1) is 0 Å². The predicted octanol–water partition coefficient (Wildman–Crippen LogP) is 4.83. The lowest BCUT2D eigenvalue weighted by Gasteiger charge is -2.10. The topological polar surface area (TPSA) is 59.8 Å². The summed E-state index contributed by atoms with van der Waals surface area (Å²) >= 11 is 7.70. The predicted molar refractivity (Wildman–Crippen MR) is 108 cm³/mol. The van der Waals surface area contributed by atoms with Crippen molar-refractivity contribution in [3.8, 4) is 16.3 Å². The molecule has 2 aromatic heterocycles. The summed E-state index contributed by atoms with van der Waals surface area (Å²) in [6.07, 6.45) is 3.72. The molecule has 2 heterocycles. The van der Waals surface area contributed by atoms with Crippen LogP contribution in [0.1, 0.15) is 5.69 Å². The second kappa shape index (κ2) is 7.73. The van der Waals surface area contributed by atoms with Gasteiger partial charge in [0, 0.05) is 23.3 Å². The van der Waals surface area contributed by atoms with Crippen molar-refractivity contribution >= 4 is 34.5 Å². The van der Waals surface area contributed by atoms with E-state index >= 15 is 0 Å². The van der Waals surface area contributed by atoms with Gasteiger partial charge in [0.1, 0.15) is 5.01 Å². The summed E-state index contributed by atoms with van der Waals surface area (Å²) in [5.41, 5.74) is 3.10. The Morgan fingerprint density at radius 2 is 1.93 bits per heavy atom. The fourth-order valence-electron chi connectivity index (χ4n) is 2.70. The summed E-state index contributed by atoms with van der Waals surface area (Å²) in [6, 6.07) is 16.9. The molecule has 0 aliphatic heterocycles. The van der Waals surface area contributed by atoms with Crippen molar-refractivity contribution in [3.05, 3.63) is 83.1 Å². The molecule has 4 aromatic rings. The molecule has 0 unspecified atom stereocenters. The van der Waals surface area contributed by atoms with Crippen molar-refractivity contribution in [2.75, 3.05) is 5.32 Å². The van der Waals surface area contributed by atoms with Crippen molar-refractivity contribution in [1.82, 2.24) is 14.8 Å². The molecule has 1 amide bonds. The highest BCUT2D eigenvalue weighted by atomic mass is 35.5. The first-order valence-corrected chi connectivity index (χ1v) is 9.54.